The van der Waals surface area contributed by atoms with Gasteiger partial charge in [-0.15, -0.1) is 0 Å². The number of hydrogen-bond acceptors (Lipinski definition) is 6. The van der Waals surface area contributed by atoms with Gasteiger partial charge in [0.05, 0.1) is 0 Å². The van der Waals surface area contributed by atoms with Gasteiger partial charge in [-0.2, -0.15) is 14.8 Å². The lowest BCUT2D eigenvalue weighted by Gasteiger charge is -2.31. The Morgan fingerprint density at radius 3 is 2.77 bits per heavy atom. The van der Waals surface area contributed by atoms with E-state index in [0.29, 0.717) is 19.0 Å². The SMILES string of the molecule is CC(C)=CCn1c(N2CCCC(N)C2)nc2c1c(=O)n(C)c(=O)n2C#N. The van der Waals surface area contributed by atoms with Crippen molar-refractivity contribution in [3.8, 4) is 6.19 Å². The number of nitriles is 1. The highest BCUT2D eigenvalue weighted by Gasteiger charge is 2.26. The molecular formula is C17H23N7O2. The third-order valence-electron chi connectivity index (χ3n) is 4.65. The van der Waals surface area contributed by atoms with Gasteiger partial charge in [-0.1, -0.05) is 11.6 Å². The first-order valence-corrected chi connectivity index (χ1v) is 8.61. The Morgan fingerprint density at radius 2 is 2.15 bits per heavy atom. The third-order valence-corrected chi connectivity index (χ3v) is 4.65. The predicted molar refractivity (Wildman–Crippen MR) is 99.1 cm³/mol. The second-order valence-corrected chi connectivity index (χ2v) is 6.91. The van der Waals surface area contributed by atoms with Crippen LogP contribution in [0, 0.1) is 11.5 Å². The van der Waals surface area contributed by atoms with Gasteiger partial charge < -0.3 is 15.2 Å². The normalized spacial score (nSPS) is 17.3. The molecule has 1 aliphatic heterocycles. The Bertz CT molecular complexity index is 1030. The summed E-state index contributed by atoms with van der Waals surface area (Å²) in [4.78, 5) is 31.6. The molecule has 2 aromatic rings. The zero-order valence-corrected chi connectivity index (χ0v) is 15.3. The first-order chi connectivity index (χ1) is 12.3. The Hall–Kier alpha value is -2.86. The highest BCUT2D eigenvalue weighted by Crippen LogP contribution is 2.23. The number of nitrogens with zero attached hydrogens (tertiary/aromatic N) is 6. The maximum Gasteiger partial charge on any atom is 0.346 e. The lowest BCUT2D eigenvalue weighted by atomic mass is 10.1. The Balaban J connectivity index is 2.33. The highest BCUT2D eigenvalue weighted by atomic mass is 16.2. The van der Waals surface area contributed by atoms with E-state index in [-0.39, 0.29) is 17.2 Å². The van der Waals surface area contributed by atoms with E-state index in [2.05, 4.69) is 4.98 Å². The minimum absolute atomic E-state index is 0.0291. The molecule has 9 nitrogen and oxygen atoms in total. The predicted octanol–water partition coefficient (Wildman–Crippen LogP) is 0.120. The molecule has 3 rings (SSSR count). The first-order valence-electron chi connectivity index (χ1n) is 8.61. The van der Waals surface area contributed by atoms with Crippen LogP contribution in [-0.2, 0) is 13.6 Å². The Kier molecular flexibility index (Phi) is 4.70. The van der Waals surface area contributed by atoms with Crippen LogP contribution in [0.25, 0.3) is 11.2 Å². The fraction of sp³-hybridized carbons (Fsp3) is 0.529. The summed E-state index contributed by atoms with van der Waals surface area (Å²) in [5.74, 6) is 0.569. The number of imidazole rings is 1. The van der Waals surface area contributed by atoms with Crippen LogP contribution in [0.15, 0.2) is 21.2 Å². The van der Waals surface area contributed by atoms with Crippen LogP contribution in [0.4, 0.5) is 5.95 Å². The molecule has 2 N–H and O–H groups in total. The molecule has 1 unspecified atom stereocenters. The number of anilines is 1. The first kappa shape index (κ1) is 17.9. The number of fused-ring (bicyclic) bond motifs is 1. The molecule has 0 aliphatic carbocycles. The summed E-state index contributed by atoms with van der Waals surface area (Å²) in [7, 11) is 1.37. The van der Waals surface area contributed by atoms with E-state index in [1.807, 2.05) is 31.0 Å². The van der Waals surface area contributed by atoms with Crippen LogP contribution in [0.2, 0.25) is 0 Å². The van der Waals surface area contributed by atoms with Crippen molar-refractivity contribution in [3.63, 3.8) is 0 Å². The van der Waals surface area contributed by atoms with Crippen molar-refractivity contribution in [3.05, 3.63) is 32.5 Å². The van der Waals surface area contributed by atoms with Gasteiger partial charge in [0.15, 0.2) is 17.4 Å². The average molecular weight is 357 g/mol. The van der Waals surface area contributed by atoms with Crippen LogP contribution >= 0.6 is 0 Å². The zero-order chi connectivity index (χ0) is 19.0. The Labute approximate surface area is 150 Å². The fourth-order valence-electron chi connectivity index (χ4n) is 3.25. The summed E-state index contributed by atoms with van der Waals surface area (Å²) in [6, 6.07) is 0.0291. The van der Waals surface area contributed by atoms with Gasteiger partial charge in [0.1, 0.15) is 0 Å². The van der Waals surface area contributed by atoms with Gasteiger partial charge in [-0.25, -0.2) is 4.79 Å². The van der Waals surface area contributed by atoms with Gasteiger partial charge in [0.25, 0.3) is 5.56 Å². The Morgan fingerprint density at radius 1 is 1.42 bits per heavy atom. The quantitative estimate of drug-likeness (QED) is 0.780. The molecule has 1 saturated heterocycles. The van der Waals surface area contributed by atoms with Gasteiger partial charge in [0, 0.05) is 32.7 Å². The molecule has 1 fully saturated rings. The third kappa shape index (κ3) is 2.93. The van der Waals surface area contributed by atoms with E-state index in [0.717, 1.165) is 34.1 Å². The van der Waals surface area contributed by atoms with Crippen molar-refractivity contribution in [2.45, 2.75) is 39.3 Å². The second-order valence-electron chi connectivity index (χ2n) is 6.91. The van der Waals surface area contributed by atoms with Gasteiger partial charge in [-0.3, -0.25) is 9.36 Å². The molecule has 0 saturated carbocycles. The van der Waals surface area contributed by atoms with Crippen molar-refractivity contribution in [2.75, 3.05) is 18.0 Å². The van der Waals surface area contributed by atoms with Crippen LogP contribution in [0.1, 0.15) is 26.7 Å². The number of nitrogens with two attached hydrogens (primary N) is 1. The zero-order valence-electron chi connectivity index (χ0n) is 15.3. The van der Waals surface area contributed by atoms with Crippen molar-refractivity contribution < 1.29 is 0 Å². The number of piperidine rings is 1. The fourth-order valence-corrected chi connectivity index (χ4v) is 3.25. The minimum atomic E-state index is -0.696. The number of allylic oxidation sites excluding steroid dienone is 2. The van der Waals surface area contributed by atoms with Crippen LogP contribution in [0.3, 0.4) is 0 Å². The summed E-state index contributed by atoms with van der Waals surface area (Å²) >= 11 is 0. The molecular weight excluding hydrogens is 334 g/mol. The highest BCUT2D eigenvalue weighted by molar-refractivity contribution is 5.75. The van der Waals surface area contributed by atoms with E-state index < -0.39 is 11.2 Å². The van der Waals surface area contributed by atoms with Crippen LogP contribution < -0.4 is 21.9 Å². The van der Waals surface area contributed by atoms with E-state index >= 15 is 0 Å². The van der Waals surface area contributed by atoms with E-state index in [1.165, 1.54) is 7.05 Å². The molecule has 26 heavy (non-hydrogen) atoms. The summed E-state index contributed by atoms with van der Waals surface area (Å²) in [5.41, 5.74) is 6.38. The molecule has 1 atom stereocenters. The molecule has 1 aliphatic rings. The monoisotopic (exact) mass is 357 g/mol. The maximum absolute atomic E-state index is 12.8. The minimum Gasteiger partial charge on any atom is -0.341 e. The van der Waals surface area contributed by atoms with Gasteiger partial charge in [-0.05, 0) is 26.7 Å². The molecule has 9 heteroatoms. The summed E-state index contributed by atoms with van der Waals surface area (Å²) in [6.45, 7) is 5.76. The number of aromatic nitrogens is 4. The van der Waals surface area contributed by atoms with Crippen LogP contribution in [0.5, 0.6) is 0 Å². The smallest absolute Gasteiger partial charge is 0.341 e. The average Bonchev–Trinajstić information content (AvgIpc) is 2.98. The molecule has 138 valence electrons. The molecule has 0 bridgehead atoms. The maximum atomic E-state index is 12.8. The van der Waals surface area contributed by atoms with Gasteiger partial charge in [0.2, 0.25) is 5.95 Å². The van der Waals surface area contributed by atoms with E-state index in [9.17, 15) is 14.9 Å². The van der Waals surface area contributed by atoms with Gasteiger partial charge >= 0.3 is 5.69 Å². The largest absolute Gasteiger partial charge is 0.346 e. The topological polar surface area (TPSA) is 115 Å². The molecule has 3 heterocycles. The summed E-state index contributed by atoms with van der Waals surface area (Å²) < 4.78 is 3.58. The summed E-state index contributed by atoms with van der Waals surface area (Å²) in [5, 5.41) is 9.41. The lowest BCUT2D eigenvalue weighted by Crippen LogP contribution is -2.44. The van der Waals surface area contributed by atoms with Crippen molar-refractivity contribution in [1.82, 2.24) is 18.7 Å². The van der Waals surface area contributed by atoms with Crippen LogP contribution in [-0.4, -0.2) is 37.8 Å². The van der Waals surface area contributed by atoms with E-state index in [1.54, 1.807) is 4.57 Å². The molecule has 2 aromatic heterocycles. The second kappa shape index (κ2) is 6.80. The summed E-state index contributed by atoms with van der Waals surface area (Å²) in [6.07, 6.45) is 5.68. The van der Waals surface area contributed by atoms with Crippen molar-refractivity contribution in [2.24, 2.45) is 12.8 Å². The van der Waals surface area contributed by atoms with E-state index in [4.69, 9.17) is 5.73 Å². The number of hydrogen-bond donors (Lipinski definition) is 1. The van der Waals surface area contributed by atoms with Crippen molar-refractivity contribution in [1.29, 1.82) is 5.26 Å². The molecule has 0 radical (unpaired) electrons. The molecule has 0 spiro atoms. The molecule has 0 aromatic carbocycles. The number of rotatable bonds is 3. The molecule has 0 amide bonds. The standard InChI is InChI=1S/C17H23N7O2/c1-11(2)6-8-23-13-14(24(10-18)17(26)21(3)15(13)25)20-16(23)22-7-4-5-12(19)9-22/h6,12H,4-5,7-9,19H2,1-3H3. The lowest BCUT2D eigenvalue weighted by molar-refractivity contribution is 0.495. The van der Waals surface area contributed by atoms with Crippen molar-refractivity contribution >= 4 is 17.1 Å².